The van der Waals surface area contributed by atoms with Crippen molar-refractivity contribution in [1.82, 2.24) is 0 Å². The van der Waals surface area contributed by atoms with E-state index in [4.69, 9.17) is 15.1 Å². The standard InChI is InChI=1S/C17H12FNO2/c18-17-7-6-14(9-15(17)4-2-8-20)12-21-16-5-1-3-13(10-16)11-19/h1,3,5-7,9-10,20H,8,12H2. The van der Waals surface area contributed by atoms with Crippen LogP contribution in [0.4, 0.5) is 4.39 Å². The molecule has 0 aliphatic carbocycles. The Hall–Kier alpha value is -2.82. The van der Waals surface area contributed by atoms with E-state index in [1.54, 1.807) is 36.4 Å². The van der Waals surface area contributed by atoms with Crippen LogP contribution in [-0.2, 0) is 6.61 Å². The fourth-order valence-electron chi connectivity index (χ4n) is 1.71. The molecule has 3 nitrogen and oxygen atoms in total. The van der Waals surface area contributed by atoms with Gasteiger partial charge in [0.1, 0.15) is 24.8 Å². The summed E-state index contributed by atoms with van der Waals surface area (Å²) >= 11 is 0. The Kier molecular flexibility index (Phi) is 4.93. The van der Waals surface area contributed by atoms with Gasteiger partial charge in [-0.2, -0.15) is 5.26 Å². The van der Waals surface area contributed by atoms with Crippen molar-refractivity contribution < 1.29 is 14.2 Å². The second kappa shape index (κ2) is 7.09. The molecule has 0 bridgehead atoms. The molecule has 2 aromatic carbocycles. The van der Waals surface area contributed by atoms with Gasteiger partial charge in [-0.25, -0.2) is 4.39 Å². The van der Waals surface area contributed by atoms with Crippen molar-refractivity contribution in [2.24, 2.45) is 0 Å². The minimum atomic E-state index is -0.439. The van der Waals surface area contributed by atoms with Gasteiger partial charge in [0, 0.05) is 0 Å². The summed E-state index contributed by atoms with van der Waals surface area (Å²) in [6.07, 6.45) is 0. The molecular weight excluding hydrogens is 269 g/mol. The first-order chi connectivity index (χ1) is 10.2. The lowest BCUT2D eigenvalue weighted by Crippen LogP contribution is -1.97. The van der Waals surface area contributed by atoms with E-state index in [0.717, 1.165) is 5.56 Å². The molecule has 0 aliphatic rings. The molecule has 104 valence electrons. The van der Waals surface area contributed by atoms with Gasteiger partial charge in [0.15, 0.2) is 0 Å². The van der Waals surface area contributed by atoms with Gasteiger partial charge in [-0.05, 0) is 35.9 Å². The fourth-order valence-corrected chi connectivity index (χ4v) is 1.71. The summed E-state index contributed by atoms with van der Waals surface area (Å²) in [7, 11) is 0. The van der Waals surface area contributed by atoms with Gasteiger partial charge in [0.05, 0.1) is 17.2 Å². The van der Waals surface area contributed by atoms with Gasteiger partial charge in [-0.1, -0.05) is 24.0 Å². The van der Waals surface area contributed by atoms with Crippen LogP contribution < -0.4 is 4.74 Å². The van der Waals surface area contributed by atoms with Gasteiger partial charge in [0.2, 0.25) is 0 Å². The van der Waals surface area contributed by atoms with Crippen LogP contribution in [-0.4, -0.2) is 11.7 Å². The van der Waals surface area contributed by atoms with Crippen LogP contribution in [0.1, 0.15) is 16.7 Å². The van der Waals surface area contributed by atoms with Gasteiger partial charge in [0.25, 0.3) is 0 Å². The Balaban J connectivity index is 2.11. The van der Waals surface area contributed by atoms with Crippen molar-refractivity contribution >= 4 is 0 Å². The third-order valence-corrected chi connectivity index (χ3v) is 2.70. The molecule has 1 N–H and O–H groups in total. The van der Waals surface area contributed by atoms with Crippen molar-refractivity contribution in [3.05, 3.63) is 65.0 Å². The van der Waals surface area contributed by atoms with Gasteiger partial charge >= 0.3 is 0 Å². The van der Waals surface area contributed by atoms with Crippen molar-refractivity contribution in [2.75, 3.05) is 6.61 Å². The van der Waals surface area contributed by atoms with E-state index in [1.165, 1.54) is 6.07 Å². The average molecular weight is 281 g/mol. The molecule has 0 amide bonds. The van der Waals surface area contributed by atoms with E-state index in [9.17, 15) is 4.39 Å². The smallest absolute Gasteiger partial charge is 0.138 e. The number of rotatable bonds is 3. The highest BCUT2D eigenvalue weighted by Crippen LogP contribution is 2.16. The summed E-state index contributed by atoms with van der Waals surface area (Å²) in [6, 6.07) is 13.3. The summed E-state index contributed by atoms with van der Waals surface area (Å²) in [6.45, 7) is -0.0793. The largest absolute Gasteiger partial charge is 0.489 e. The Morgan fingerprint density at radius 1 is 1.19 bits per heavy atom. The lowest BCUT2D eigenvalue weighted by Gasteiger charge is -2.07. The molecule has 0 radical (unpaired) electrons. The quantitative estimate of drug-likeness (QED) is 0.880. The normalized spacial score (nSPS) is 9.38. The van der Waals surface area contributed by atoms with Crippen LogP contribution in [0, 0.1) is 29.0 Å². The summed E-state index contributed by atoms with van der Waals surface area (Å²) in [5, 5.41) is 17.5. The third kappa shape index (κ3) is 4.07. The average Bonchev–Trinajstić information content (AvgIpc) is 2.53. The highest BCUT2D eigenvalue weighted by atomic mass is 19.1. The van der Waals surface area contributed by atoms with Crippen LogP contribution in [0.2, 0.25) is 0 Å². The first-order valence-corrected chi connectivity index (χ1v) is 6.24. The maximum atomic E-state index is 13.5. The minimum Gasteiger partial charge on any atom is -0.489 e. The van der Waals surface area contributed by atoms with E-state index in [1.807, 2.05) is 6.07 Å². The Morgan fingerprint density at radius 3 is 2.81 bits per heavy atom. The number of aliphatic hydroxyl groups excluding tert-OH is 1. The number of halogens is 1. The maximum absolute atomic E-state index is 13.5. The monoisotopic (exact) mass is 281 g/mol. The first-order valence-electron chi connectivity index (χ1n) is 6.24. The molecule has 0 atom stereocenters. The van der Waals surface area contributed by atoms with E-state index < -0.39 is 5.82 Å². The Labute approximate surface area is 122 Å². The molecule has 0 aliphatic heterocycles. The zero-order chi connectivity index (χ0) is 15.1. The number of aliphatic hydroxyl groups is 1. The molecule has 0 aromatic heterocycles. The van der Waals surface area contributed by atoms with Crippen molar-refractivity contribution in [2.45, 2.75) is 6.61 Å². The molecule has 2 aromatic rings. The van der Waals surface area contributed by atoms with E-state index in [2.05, 4.69) is 11.8 Å². The lowest BCUT2D eigenvalue weighted by molar-refractivity contribution is 0.306. The summed E-state index contributed by atoms with van der Waals surface area (Å²) in [5.41, 5.74) is 1.48. The van der Waals surface area contributed by atoms with E-state index in [0.29, 0.717) is 11.3 Å². The van der Waals surface area contributed by atoms with E-state index in [-0.39, 0.29) is 18.8 Å². The molecule has 0 saturated heterocycles. The van der Waals surface area contributed by atoms with Gasteiger partial charge < -0.3 is 9.84 Å². The predicted octanol–water partition coefficient (Wildman–Crippen LogP) is 2.62. The summed E-state index contributed by atoms with van der Waals surface area (Å²) in [4.78, 5) is 0. The number of nitriles is 1. The van der Waals surface area contributed by atoms with Crippen molar-refractivity contribution in [3.63, 3.8) is 0 Å². The maximum Gasteiger partial charge on any atom is 0.138 e. The lowest BCUT2D eigenvalue weighted by atomic mass is 10.1. The molecule has 21 heavy (non-hydrogen) atoms. The molecule has 0 spiro atoms. The molecule has 0 saturated carbocycles. The second-order valence-electron chi connectivity index (χ2n) is 4.20. The minimum absolute atomic E-state index is 0.218. The Morgan fingerprint density at radius 2 is 2.05 bits per heavy atom. The fraction of sp³-hybridized carbons (Fsp3) is 0.118. The van der Waals surface area contributed by atoms with Crippen LogP contribution in [0.15, 0.2) is 42.5 Å². The van der Waals surface area contributed by atoms with Crippen LogP contribution in [0.25, 0.3) is 0 Å². The zero-order valence-electron chi connectivity index (χ0n) is 11.1. The SMILES string of the molecule is N#Cc1cccc(OCc2ccc(F)c(C#CCO)c2)c1. The number of hydrogen-bond acceptors (Lipinski definition) is 3. The molecule has 0 fully saturated rings. The number of hydrogen-bond donors (Lipinski definition) is 1. The van der Waals surface area contributed by atoms with Gasteiger partial charge in [-0.3, -0.25) is 0 Å². The predicted molar refractivity (Wildman–Crippen MR) is 75.9 cm³/mol. The highest BCUT2D eigenvalue weighted by Gasteiger charge is 2.03. The molecule has 0 heterocycles. The number of ether oxygens (including phenoxy) is 1. The highest BCUT2D eigenvalue weighted by molar-refractivity contribution is 5.39. The number of benzene rings is 2. The number of nitrogens with zero attached hydrogens (tertiary/aromatic N) is 1. The summed E-state index contributed by atoms with van der Waals surface area (Å²) < 4.78 is 19.1. The molecule has 2 rings (SSSR count). The van der Waals surface area contributed by atoms with Crippen LogP contribution >= 0.6 is 0 Å². The molecular formula is C17H12FNO2. The summed E-state index contributed by atoms with van der Waals surface area (Å²) in [5.74, 6) is 5.09. The van der Waals surface area contributed by atoms with Crippen molar-refractivity contribution in [3.8, 4) is 23.7 Å². The topological polar surface area (TPSA) is 53.2 Å². The van der Waals surface area contributed by atoms with Crippen LogP contribution in [0.5, 0.6) is 5.75 Å². The second-order valence-corrected chi connectivity index (χ2v) is 4.20. The van der Waals surface area contributed by atoms with Crippen LogP contribution in [0.3, 0.4) is 0 Å². The third-order valence-electron chi connectivity index (χ3n) is 2.70. The van der Waals surface area contributed by atoms with E-state index >= 15 is 0 Å². The van der Waals surface area contributed by atoms with Crippen molar-refractivity contribution in [1.29, 1.82) is 5.26 Å². The first kappa shape index (κ1) is 14.6. The van der Waals surface area contributed by atoms with Gasteiger partial charge in [-0.15, -0.1) is 0 Å². The molecule has 4 heteroatoms. The Bertz CT molecular complexity index is 738. The zero-order valence-corrected chi connectivity index (χ0v) is 11.1. The molecule has 0 unspecified atom stereocenters.